The molecule has 0 fully saturated rings. The van der Waals surface area contributed by atoms with Crippen molar-refractivity contribution in [1.82, 2.24) is 4.98 Å². The van der Waals surface area contributed by atoms with Gasteiger partial charge in [0.15, 0.2) is 0 Å². The lowest BCUT2D eigenvalue weighted by molar-refractivity contribution is 0.512. The van der Waals surface area contributed by atoms with Gasteiger partial charge >= 0.3 is 0 Å². The fourth-order valence-electron chi connectivity index (χ4n) is 1.27. The molecular weight excluding hydrogens is 224 g/mol. The van der Waals surface area contributed by atoms with Crippen molar-refractivity contribution in [3.8, 4) is 11.3 Å². The average molecular weight is 238 g/mol. The highest BCUT2D eigenvalue weighted by molar-refractivity contribution is 7.10. The first-order valence-corrected chi connectivity index (χ1v) is 6.74. The Labute approximate surface area is 97.8 Å². The van der Waals surface area contributed by atoms with Gasteiger partial charge < -0.3 is 5.73 Å². The molecule has 1 atom stereocenters. The van der Waals surface area contributed by atoms with Crippen LogP contribution in [0.1, 0.15) is 24.9 Å². The third-order valence-electron chi connectivity index (χ3n) is 2.34. The van der Waals surface area contributed by atoms with E-state index < -0.39 is 0 Å². The van der Waals surface area contributed by atoms with E-state index in [1.807, 2.05) is 0 Å². The second kappa shape index (κ2) is 4.43. The zero-order valence-electron chi connectivity index (χ0n) is 8.81. The van der Waals surface area contributed by atoms with E-state index in [2.05, 4.69) is 41.0 Å². The van der Waals surface area contributed by atoms with Crippen molar-refractivity contribution in [3.63, 3.8) is 0 Å². The first-order chi connectivity index (χ1) is 7.18. The van der Waals surface area contributed by atoms with E-state index in [4.69, 9.17) is 5.73 Å². The van der Waals surface area contributed by atoms with Gasteiger partial charge in [0.2, 0.25) is 0 Å². The molecule has 0 bridgehead atoms. The van der Waals surface area contributed by atoms with Crippen LogP contribution in [0.4, 0.5) is 0 Å². The normalized spacial score (nSPS) is 13.3. The van der Waals surface area contributed by atoms with Gasteiger partial charge in [-0.15, -0.1) is 11.3 Å². The van der Waals surface area contributed by atoms with Gasteiger partial charge in [-0.05, 0) is 17.4 Å². The summed E-state index contributed by atoms with van der Waals surface area (Å²) in [6.07, 6.45) is 0. The molecule has 80 valence electrons. The van der Waals surface area contributed by atoms with Crippen LogP contribution in [-0.4, -0.2) is 4.98 Å². The molecular formula is C11H14N2S2. The van der Waals surface area contributed by atoms with Gasteiger partial charge in [-0.2, -0.15) is 11.3 Å². The number of aromatic nitrogens is 1. The minimum Gasteiger partial charge on any atom is -0.322 e. The first kappa shape index (κ1) is 10.8. The lowest BCUT2D eigenvalue weighted by Crippen LogP contribution is -2.16. The molecule has 0 amide bonds. The summed E-state index contributed by atoms with van der Waals surface area (Å²) in [5.74, 6) is 0.437. The van der Waals surface area contributed by atoms with Crippen molar-refractivity contribution in [2.24, 2.45) is 11.7 Å². The molecule has 2 rings (SSSR count). The molecule has 1 unspecified atom stereocenters. The molecule has 2 nitrogen and oxygen atoms in total. The highest BCUT2D eigenvalue weighted by atomic mass is 32.1. The van der Waals surface area contributed by atoms with Gasteiger partial charge in [0.1, 0.15) is 5.01 Å². The van der Waals surface area contributed by atoms with Gasteiger partial charge in [0, 0.05) is 16.3 Å². The van der Waals surface area contributed by atoms with E-state index in [0.717, 1.165) is 10.7 Å². The Balaban J connectivity index is 2.25. The third-order valence-corrected chi connectivity index (χ3v) is 3.97. The van der Waals surface area contributed by atoms with Crippen LogP contribution in [0.3, 0.4) is 0 Å². The van der Waals surface area contributed by atoms with E-state index in [-0.39, 0.29) is 6.04 Å². The molecule has 0 aliphatic rings. The molecule has 0 aliphatic carbocycles. The Hall–Kier alpha value is -0.710. The molecule has 0 saturated heterocycles. The molecule has 2 aromatic heterocycles. The number of rotatable bonds is 3. The van der Waals surface area contributed by atoms with Gasteiger partial charge in [-0.1, -0.05) is 13.8 Å². The van der Waals surface area contributed by atoms with Gasteiger partial charge in [0.25, 0.3) is 0 Å². The standard InChI is InChI=1S/C11H14N2S2/c1-7(2)10(12)11-13-9(6-15-11)8-3-4-14-5-8/h3-7,10H,12H2,1-2H3. The fraction of sp³-hybridized carbons (Fsp3) is 0.364. The Kier molecular flexibility index (Phi) is 3.19. The summed E-state index contributed by atoms with van der Waals surface area (Å²) in [4.78, 5) is 4.57. The van der Waals surface area contributed by atoms with Gasteiger partial charge in [-0.3, -0.25) is 0 Å². The number of nitrogens with two attached hydrogens (primary N) is 1. The van der Waals surface area contributed by atoms with Crippen LogP contribution in [0.2, 0.25) is 0 Å². The smallest absolute Gasteiger partial charge is 0.110 e. The van der Waals surface area contributed by atoms with Crippen LogP contribution >= 0.6 is 22.7 Å². The van der Waals surface area contributed by atoms with Crippen molar-refractivity contribution in [2.75, 3.05) is 0 Å². The second-order valence-electron chi connectivity index (χ2n) is 3.85. The van der Waals surface area contributed by atoms with E-state index >= 15 is 0 Å². The summed E-state index contributed by atoms with van der Waals surface area (Å²) in [7, 11) is 0. The highest BCUT2D eigenvalue weighted by Crippen LogP contribution is 2.28. The number of hydrogen-bond donors (Lipinski definition) is 1. The summed E-state index contributed by atoms with van der Waals surface area (Å²) in [6.45, 7) is 4.24. The number of thiazole rings is 1. The van der Waals surface area contributed by atoms with Crippen LogP contribution < -0.4 is 5.73 Å². The first-order valence-electron chi connectivity index (χ1n) is 4.92. The predicted molar refractivity (Wildman–Crippen MR) is 67.2 cm³/mol. The summed E-state index contributed by atoms with van der Waals surface area (Å²) in [6, 6.07) is 2.15. The summed E-state index contributed by atoms with van der Waals surface area (Å²) < 4.78 is 0. The Morgan fingerprint density at radius 3 is 2.73 bits per heavy atom. The maximum Gasteiger partial charge on any atom is 0.110 e. The molecule has 15 heavy (non-hydrogen) atoms. The monoisotopic (exact) mass is 238 g/mol. The maximum atomic E-state index is 6.06. The van der Waals surface area contributed by atoms with E-state index in [9.17, 15) is 0 Å². The highest BCUT2D eigenvalue weighted by Gasteiger charge is 2.15. The number of hydrogen-bond acceptors (Lipinski definition) is 4. The molecule has 0 spiro atoms. The number of thiophene rings is 1. The van der Waals surface area contributed by atoms with Crippen LogP contribution in [-0.2, 0) is 0 Å². The lowest BCUT2D eigenvalue weighted by Gasteiger charge is -2.11. The minimum atomic E-state index is 0.0578. The molecule has 0 radical (unpaired) electrons. The van der Waals surface area contributed by atoms with Crippen LogP contribution in [0.25, 0.3) is 11.3 Å². The summed E-state index contributed by atoms with van der Waals surface area (Å²) >= 11 is 3.34. The molecule has 2 aromatic rings. The lowest BCUT2D eigenvalue weighted by atomic mass is 10.1. The SMILES string of the molecule is CC(C)C(N)c1nc(-c2ccsc2)cs1. The molecule has 0 saturated carbocycles. The van der Waals surface area contributed by atoms with E-state index in [0.29, 0.717) is 5.92 Å². The van der Waals surface area contributed by atoms with Crippen LogP contribution in [0.5, 0.6) is 0 Å². The van der Waals surface area contributed by atoms with Gasteiger partial charge in [0.05, 0.1) is 11.7 Å². The van der Waals surface area contributed by atoms with Crippen LogP contribution in [0.15, 0.2) is 22.2 Å². The minimum absolute atomic E-state index is 0.0578. The maximum absolute atomic E-state index is 6.06. The summed E-state index contributed by atoms with van der Waals surface area (Å²) in [5.41, 5.74) is 8.30. The summed E-state index contributed by atoms with van der Waals surface area (Å²) in [5, 5.41) is 7.29. The second-order valence-corrected chi connectivity index (χ2v) is 5.52. The Morgan fingerprint density at radius 1 is 1.33 bits per heavy atom. The van der Waals surface area contributed by atoms with Crippen LogP contribution in [0, 0.1) is 5.92 Å². The zero-order valence-corrected chi connectivity index (χ0v) is 10.4. The number of nitrogens with zero attached hydrogens (tertiary/aromatic N) is 1. The Bertz CT molecular complexity index is 417. The van der Waals surface area contributed by atoms with Crippen molar-refractivity contribution in [1.29, 1.82) is 0 Å². The molecule has 0 aromatic carbocycles. The van der Waals surface area contributed by atoms with Crippen molar-refractivity contribution in [3.05, 3.63) is 27.2 Å². The van der Waals surface area contributed by atoms with E-state index in [1.54, 1.807) is 22.7 Å². The average Bonchev–Trinajstić information content (AvgIpc) is 2.86. The topological polar surface area (TPSA) is 38.9 Å². The quantitative estimate of drug-likeness (QED) is 0.888. The van der Waals surface area contributed by atoms with Crippen molar-refractivity contribution in [2.45, 2.75) is 19.9 Å². The van der Waals surface area contributed by atoms with Crippen molar-refractivity contribution < 1.29 is 0 Å². The molecule has 2 heterocycles. The molecule has 4 heteroatoms. The molecule has 0 aliphatic heterocycles. The van der Waals surface area contributed by atoms with Gasteiger partial charge in [-0.25, -0.2) is 4.98 Å². The molecule has 2 N–H and O–H groups in total. The Morgan fingerprint density at radius 2 is 2.13 bits per heavy atom. The zero-order chi connectivity index (χ0) is 10.8. The van der Waals surface area contributed by atoms with E-state index in [1.165, 1.54) is 5.56 Å². The third kappa shape index (κ3) is 2.27. The predicted octanol–water partition coefficient (Wildman–Crippen LogP) is 3.53. The van der Waals surface area contributed by atoms with Crippen molar-refractivity contribution >= 4 is 22.7 Å². The largest absolute Gasteiger partial charge is 0.322 e. The fourth-order valence-corrected chi connectivity index (χ4v) is 2.92.